The summed E-state index contributed by atoms with van der Waals surface area (Å²) < 4.78 is 0. The molecule has 4 aliphatic carbocycles. The third kappa shape index (κ3) is 4.63. The van der Waals surface area contributed by atoms with Gasteiger partial charge in [-0.25, -0.2) is 0 Å². The Morgan fingerprint density at radius 3 is 2.47 bits per heavy atom. The fraction of sp³-hybridized carbons (Fsp3) is 0.935. The van der Waals surface area contributed by atoms with E-state index in [0.717, 1.165) is 60.4 Å². The van der Waals surface area contributed by atoms with Crippen molar-refractivity contribution in [2.45, 2.75) is 124 Å². The number of hydrogen-bond acceptors (Lipinski definition) is 1. The molecule has 4 fully saturated rings. The molecule has 0 spiro atoms. The van der Waals surface area contributed by atoms with Gasteiger partial charge in [-0.05, 0) is 123 Å². The van der Waals surface area contributed by atoms with Crippen LogP contribution in [0.2, 0.25) is 0 Å². The van der Waals surface area contributed by atoms with Crippen LogP contribution < -0.4 is 5.32 Å². The molecule has 0 aromatic carbocycles. The summed E-state index contributed by atoms with van der Waals surface area (Å²) in [4.78, 5) is 0. The summed E-state index contributed by atoms with van der Waals surface area (Å²) >= 11 is 0. The average Bonchev–Trinajstić information content (AvgIpc) is 3.08. The Bertz CT molecular complexity index is 624. The highest BCUT2D eigenvalue weighted by Gasteiger charge is 2.61. The second-order valence-electron chi connectivity index (χ2n) is 13.7. The van der Waals surface area contributed by atoms with Crippen molar-refractivity contribution < 1.29 is 0 Å². The van der Waals surface area contributed by atoms with E-state index >= 15 is 0 Å². The molecule has 0 aromatic heterocycles. The average molecular weight is 442 g/mol. The van der Waals surface area contributed by atoms with Crippen LogP contribution in [0.15, 0.2) is 12.7 Å². The van der Waals surface area contributed by atoms with E-state index < -0.39 is 0 Å². The van der Waals surface area contributed by atoms with E-state index in [2.05, 4.69) is 52.6 Å². The van der Waals surface area contributed by atoms with Gasteiger partial charge in [0.25, 0.3) is 0 Å². The molecule has 0 heterocycles. The van der Waals surface area contributed by atoms with E-state index in [1.165, 1.54) is 70.6 Å². The first-order valence-electron chi connectivity index (χ1n) is 14.6. The van der Waals surface area contributed by atoms with Crippen LogP contribution >= 0.6 is 0 Å². The van der Waals surface area contributed by atoms with Gasteiger partial charge in [0.2, 0.25) is 0 Å². The van der Waals surface area contributed by atoms with E-state index in [1.807, 2.05) is 0 Å². The SMILES string of the molecule is C=CCCNC1CCC2(C)C(C1)CC(C)C1C3CCC(CCCCC(C)C)C3(C)CCC12. The standard InChI is InChI=1S/C31H55N/c1-7-8-19-32-26-15-17-31(6)25(21-26)20-23(4)29-27-14-13-24(12-10-9-11-22(2)3)30(27,5)18-16-28(29)31/h7,22-29,32H,1,8-21H2,2-6H3. The summed E-state index contributed by atoms with van der Waals surface area (Å²) in [7, 11) is 0. The number of unbranched alkanes of at least 4 members (excludes halogenated alkanes) is 1. The summed E-state index contributed by atoms with van der Waals surface area (Å²) in [5.74, 6) is 6.82. The Kier molecular flexibility index (Phi) is 7.86. The van der Waals surface area contributed by atoms with Crippen molar-refractivity contribution in [2.75, 3.05) is 6.54 Å². The van der Waals surface area contributed by atoms with Crippen LogP contribution in [0.3, 0.4) is 0 Å². The molecule has 1 heteroatoms. The van der Waals surface area contributed by atoms with Gasteiger partial charge >= 0.3 is 0 Å². The molecule has 4 rings (SSSR count). The highest BCUT2D eigenvalue weighted by atomic mass is 14.9. The lowest BCUT2D eigenvalue weighted by Crippen LogP contribution is -2.57. The van der Waals surface area contributed by atoms with E-state index in [1.54, 1.807) is 6.42 Å². The van der Waals surface area contributed by atoms with Crippen LogP contribution in [0.1, 0.15) is 118 Å². The Balaban J connectivity index is 1.41. The lowest BCUT2D eigenvalue weighted by Gasteiger charge is -2.63. The first-order chi connectivity index (χ1) is 15.3. The Hall–Kier alpha value is -0.300. The number of rotatable bonds is 9. The molecule has 4 saturated carbocycles. The predicted octanol–water partition coefficient (Wildman–Crippen LogP) is 8.64. The monoisotopic (exact) mass is 441 g/mol. The van der Waals surface area contributed by atoms with Crippen molar-refractivity contribution >= 4 is 0 Å². The van der Waals surface area contributed by atoms with E-state index in [0.29, 0.717) is 10.8 Å². The largest absolute Gasteiger partial charge is 0.314 e. The maximum absolute atomic E-state index is 3.90. The highest BCUT2D eigenvalue weighted by molar-refractivity contribution is 5.11. The summed E-state index contributed by atoms with van der Waals surface area (Å²) in [6.07, 6.45) is 21.0. The van der Waals surface area contributed by atoms with Crippen LogP contribution in [0.5, 0.6) is 0 Å². The molecule has 1 nitrogen and oxygen atoms in total. The summed E-state index contributed by atoms with van der Waals surface area (Å²) in [5.41, 5.74) is 1.27. The van der Waals surface area contributed by atoms with E-state index in [-0.39, 0.29) is 0 Å². The Labute approximate surface area is 201 Å². The van der Waals surface area contributed by atoms with Crippen LogP contribution in [0.4, 0.5) is 0 Å². The highest BCUT2D eigenvalue weighted by Crippen LogP contribution is 2.69. The molecule has 0 bridgehead atoms. The van der Waals surface area contributed by atoms with Crippen LogP contribution in [0.25, 0.3) is 0 Å². The van der Waals surface area contributed by atoms with Gasteiger partial charge in [0.1, 0.15) is 0 Å². The van der Waals surface area contributed by atoms with Crippen molar-refractivity contribution in [1.82, 2.24) is 5.32 Å². The van der Waals surface area contributed by atoms with E-state index in [9.17, 15) is 0 Å². The first kappa shape index (κ1) is 24.8. The van der Waals surface area contributed by atoms with Crippen molar-refractivity contribution in [2.24, 2.45) is 52.3 Å². The molecule has 0 aromatic rings. The van der Waals surface area contributed by atoms with Crippen molar-refractivity contribution in [3.63, 3.8) is 0 Å². The normalized spacial score (nSPS) is 45.9. The second-order valence-corrected chi connectivity index (χ2v) is 13.7. The summed E-state index contributed by atoms with van der Waals surface area (Å²) in [5, 5.41) is 3.87. The quantitative estimate of drug-likeness (QED) is 0.279. The Morgan fingerprint density at radius 2 is 1.72 bits per heavy atom. The zero-order valence-corrected chi connectivity index (χ0v) is 22.3. The first-order valence-corrected chi connectivity index (χ1v) is 14.6. The lowest BCUT2D eigenvalue weighted by molar-refractivity contribution is -0.138. The third-order valence-corrected chi connectivity index (χ3v) is 11.6. The van der Waals surface area contributed by atoms with Crippen LogP contribution in [-0.4, -0.2) is 12.6 Å². The predicted molar refractivity (Wildman–Crippen MR) is 140 cm³/mol. The molecule has 0 saturated heterocycles. The maximum Gasteiger partial charge on any atom is 0.00702 e. The third-order valence-electron chi connectivity index (χ3n) is 11.6. The molecular formula is C31H55N. The number of fused-ring (bicyclic) bond motifs is 5. The molecule has 9 atom stereocenters. The van der Waals surface area contributed by atoms with Gasteiger partial charge in [0.05, 0.1) is 0 Å². The molecule has 4 aliphatic rings. The van der Waals surface area contributed by atoms with Crippen molar-refractivity contribution in [3.05, 3.63) is 12.7 Å². The molecule has 1 N–H and O–H groups in total. The Morgan fingerprint density at radius 1 is 0.969 bits per heavy atom. The van der Waals surface area contributed by atoms with Crippen molar-refractivity contribution in [3.8, 4) is 0 Å². The number of hydrogen-bond donors (Lipinski definition) is 1. The van der Waals surface area contributed by atoms with Gasteiger partial charge in [0, 0.05) is 6.04 Å². The zero-order valence-electron chi connectivity index (χ0n) is 22.3. The molecule has 184 valence electrons. The van der Waals surface area contributed by atoms with Crippen LogP contribution in [-0.2, 0) is 0 Å². The fourth-order valence-electron chi connectivity index (χ4n) is 9.74. The molecule has 9 unspecified atom stereocenters. The second kappa shape index (κ2) is 10.1. The maximum atomic E-state index is 3.90. The molecule has 32 heavy (non-hydrogen) atoms. The van der Waals surface area contributed by atoms with Gasteiger partial charge < -0.3 is 5.32 Å². The molecule has 0 amide bonds. The van der Waals surface area contributed by atoms with E-state index in [4.69, 9.17) is 0 Å². The van der Waals surface area contributed by atoms with Crippen molar-refractivity contribution in [1.29, 1.82) is 0 Å². The minimum atomic E-state index is 0.616. The van der Waals surface area contributed by atoms with Gasteiger partial charge in [0.15, 0.2) is 0 Å². The summed E-state index contributed by atoms with van der Waals surface area (Å²) in [6, 6.07) is 0.757. The molecule has 0 aliphatic heterocycles. The molecular weight excluding hydrogens is 386 g/mol. The number of nitrogens with one attached hydrogen (secondary N) is 1. The van der Waals surface area contributed by atoms with Gasteiger partial charge in [-0.2, -0.15) is 0 Å². The summed E-state index contributed by atoms with van der Waals surface area (Å²) in [6.45, 7) is 17.9. The smallest absolute Gasteiger partial charge is 0.00702 e. The van der Waals surface area contributed by atoms with Gasteiger partial charge in [-0.15, -0.1) is 6.58 Å². The van der Waals surface area contributed by atoms with Gasteiger partial charge in [-0.3, -0.25) is 0 Å². The minimum absolute atomic E-state index is 0.616. The minimum Gasteiger partial charge on any atom is -0.314 e. The molecule has 0 radical (unpaired) electrons. The fourth-order valence-corrected chi connectivity index (χ4v) is 9.74. The van der Waals surface area contributed by atoms with Crippen LogP contribution in [0, 0.1) is 52.3 Å². The van der Waals surface area contributed by atoms with Gasteiger partial charge in [-0.1, -0.05) is 60.0 Å². The zero-order chi connectivity index (χ0) is 22.9. The lowest BCUT2D eigenvalue weighted by atomic mass is 9.42. The topological polar surface area (TPSA) is 12.0 Å².